The Hall–Kier alpha value is -0.870. The molecule has 0 radical (unpaired) electrons. The number of rotatable bonds is 3. The van der Waals surface area contributed by atoms with Gasteiger partial charge in [0.2, 0.25) is 0 Å². The quantitative estimate of drug-likeness (QED) is 0.880. The van der Waals surface area contributed by atoms with Gasteiger partial charge in [-0.15, -0.1) is 0 Å². The molecular formula is C11H16ClN3O. The van der Waals surface area contributed by atoms with Crippen molar-refractivity contribution in [1.82, 2.24) is 9.97 Å². The lowest BCUT2D eigenvalue weighted by atomic mass is 9.86. The molecule has 0 spiro atoms. The van der Waals surface area contributed by atoms with E-state index in [9.17, 15) is 0 Å². The van der Waals surface area contributed by atoms with Crippen LogP contribution in [0, 0.1) is 5.92 Å². The van der Waals surface area contributed by atoms with Crippen LogP contribution in [0.25, 0.3) is 0 Å². The van der Waals surface area contributed by atoms with E-state index in [-0.39, 0.29) is 6.10 Å². The molecule has 1 heterocycles. The predicted molar refractivity (Wildman–Crippen MR) is 62.5 cm³/mol. The minimum Gasteiger partial charge on any atom is -0.460 e. The third-order valence-electron chi connectivity index (χ3n) is 3.00. The van der Waals surface area contributed by atoms with E-state index < -0.39 is 0 Å². The van der Waals surface area contributed by atoms with Gasteiger partial charge >= 0.3 is 6.01 Å². The Morgan fingerprint density at radius 2 is 2.00 bits per heavy atom. The summed E-state index contributed by atoms with van der Waals surface area (Å²) in [6, 6.07) is 0.398. The van der Waals surface area contributed by atoms with Gasteiger partial charge in [0, 0.05) is 5.92 Å². The van der Waals surface area contributed by atoms with Gasteiger partial charge in [-0.05, 0) is 25.8 Å². The Morgan fingerprint density at radius 1 is 1.31 bits per heavy atom. The molecule has 5 heteroatoms. The van der Waals surface area contributed by atoms with Crippen LogP contribution in [0.3, 0.4) is 0 Å². The minimum atomic E-state index is 0.153. The summed E-state index contributed by atoms with van der Waals surface area (Å²) in [5.41, 5.74) is 5.73. The Morgan fingerprint density at radius 3 is 2.69 bits per heavy atom. The second kappa shape index (κ2) is 5.46. The maximum absolute atomic E-state index is 5.75. The topological polar surface area (TPSA) is 61.0 Å². The van der Waals surface area contributed by atoms with Crippen LogP contribution in [-0.2, 0) is 0 Å². The number of hydrogen-bond donors (Lipinski definition) is 1. The number of nitrogens with two attached hydrogens (primary N) is 1. The van der Waals surface area contributed by atoms with Gasteiger partial charge < -0.3 is 10.5 Å². The molecule has 2 rings (SSSR count). The lowest BCUT2D eigenvalue weighted by molar-refractivity contribution is 0.0872. The highest BCUT2D eigenvalue weighted by Crippen LogP contribution is 2.26. The minimum absolute atomic E-state index is 0.153. The third kappa shape index (κ3) is 2.83. The number of aromatic nitrogens is 2. The summed E-state index contributed by atoms with van der Waals surface area (Å²) in [6.45, 7) is 0.665. The predicted octanol–water partition coefficient (Wildman–Crippen LogP) is 2.03. The van der Waals surface area contributed by atoms with Crippen molar-refractivity contribution in [2.45, 2.75) is 31.8 Å². The standard InChI is InChI=1S/C11H16ClN3O/c12-9-6-14-11(15-7-9)16-10-4-2-1-3-8(10)5-13/h6-8,10H,1-5,13H2. The van der Waals surface area contributed by atoms with Crippen LogP contribution in [0.4, 0.5) is 0 Å². The molecule has 1 fully saturated rings. The number of halogens is 1. The summed E-state index contributed by atoms with van der Waals surface area (Å²) in [5, 5.41) is 0.520. The Labute approximate surface area is 100 Å². The molecule has 4 nitrogen and oxygen atoms in total. The molecule has 1 aromatic heterocycles. The fourth-order valence-electron chi connectivity index (χ4n) is 2.10. The Balaban J connectivity index is 1.99. The van der Waals surface area contributed by atoms with E-state index in [0.717, 1.165) is 12.8 Å². The van der Waals surface area contributed by atoms with Crippen molar-refractivity contribution in [1.29, 1.82) is 0 Å². The first-order valence-electron chi connectivity index (χ1n) is 5.64. The van der Waals surface area contributed by atoms with Gasteiger partial charge in [0.1, 0.15) is 6.10 Å². The van der Waals surface area contributed by atoms with E-state index in [2.05, 4.69) is 9.97 Å². The second-order valence-corrected chi connectivity index (χ2v) is 4.56. The lowest BCUT2D eigenvalue weighted by Gasteiger charge is -2.29. The molecule has 2 N–H and O–H groups in total. The Bertz CT molecular complexity index is 331. The average Bonchev–Trinajstić information content (AvgIpc) is 2.33. The molecule has 0 amide bonds. The van der Waals surface area contributed by atoms with Crippen molar-refractivity contribution in [3.8, 4) is 6.01 Å². The lowest BCUT2D eigenvalue weighted by Crippen LogP contribution is -2.35. The molecule has 1 aromatic rings. The van der Waals surface area contributed by atoms with Gasteiger partial charge in [-0.25, -0.2) is 9.97 Å². The highest BCUT2D eigenvalue weighted by atomic mass is 35.5. The molecule has 0 aromatic carbocycles. The normalized spacial score (nSPS) is 25.4. The van der Waals surface area contributed by atoms with Crippen LogP contribution in [0.1, 0.15) is 25.7 Å². The highest BCUT2D eigenvalue weighted by molar-refractivity contribution is 6.30. The van der Waals surface area contributed by atoms with Crippen LogP contribution < -0.4 is 10.5 Å². The van der Waals surface area contributed by atoms with Crippen LogP contribution in [0.2, 0.25) is 5.02 Å². The zero-order chi connectivity index (χ0) is 11.4. The van der Waals surface area contributed by atoms with Crippen molar-refractivity contribution in [2.24, 2.45) is 11.7 Å². The van der Waals surface area contributed by atoms with E-state index >= 15 is 0 Å². The van der Waals surface area contributed by atoms with Crippen LogP contribution in [0.5, 0.6) is 6.01 Å². The molecule has 1 aliphatic carbocycles. The highest BCUT2D eigenvalue weighted by Gasteiger charge is 2.26. The number of nitrogens with zero attached hydrogens (tertiary/aromatic N) is 2. The average molecular weight is 242 g/mol. The van der Waals surface area contributed by atoms with Gasteiger partial charge in [0.25, 0.3) is 0 Å². The van der Waals surface area contributed by atoms with Gasteiger partial charge in [0.05, 0.1) is 17.4 Å². The molecule has 1 aliphatic rings. The van der Waals surface area contributed by atoms with Gasteiger partial charge in [-0.1, -0.05) is 18.0 Å². The maximum atomic E-state index is 5.75. The monoisotopic (exact) mass is 241 g/mol. The van der Waals surface area contributed by atoms with E-state index in [1.165, 1.54) is 12.8 Å². The van der Waals surface area contributed by atoms with Crippen LogP contribution in [0.15, 0.2) is 12.4 Å². The summed E-state index contributed by atoms with van der Waals surface area (Å²) in [6.07, 6.45) is 7.84. The first kappa shape index (κ1) is 11.6. The van der Waals surface area contributed by atoms with E-state index in [1.807, 2.05) is 0 Å². The molecule has 0 saturated heterocycles. The fraction of sp³-hybridized carbons (Fsp3) is 0.636. The molecule has 2 atom stereocenters. The third-order valence-corrected chi connectivity index (χ3v) is 3.19. The SMILES string of the molecule is NCC1CCCCC1Oc1ncc(Cl)cn1. The summed E-state index contributed by atoms with van der Waals surface area (Å²) < 4.78 is 5.75. The van der Waals surface area contributed by atoms with E-state index in [0.29, 0.717) is 23.5 Å². The van der Waals surface area contributed by atoms with Crippen molar-refractivity contribution >= 4 is 11.6 Å². The first-order valence-corrected chi connectivity index (χ1v) is 6.01. The summed E-state index contributed by atoms with van der Waals surface area (Å²) >= 11 is 5.71. The summed E-state index contributed by atoms with van der Waals surface area (Å²) in [5.74, 6) is 0.424. The van der Waals surface area contributed by atoms with E-state index in [4.69, 9.17) is 22.1 Å². The zero-order valence-electron chi connectivity index (χ0n) is 9.10. The first-order chi connectivity index (χ1) is 7.79. The molecule has 2 unspecified atom stereocenters. The summed E-state index contributed by atoms with van der Waals surface area (Å²) in [7, 11) is 0. The van der Waals surface area contributed by atoms with Gasteiger partial charge in [-0.3, -0.25) is 0 Å². The maximum Gasteiger partial charge on any atom is 0.316 e. The molecule has 0 aliphatic heterocycles. The molecule has 0 bridgehead atoms. The van der Waals surface area contributed by atoms with E-state index in [1.54, 1.807) is 12.4 Å². The number of hydrogen-bond acceptors (Lipinski definition) is 4. The van der Waals surface area contributed by atoms with Crippen LogP contribution >= 0.6 is 11.6 Å². The Kier molecular flexibility index (Phi) is 3.96. The molecule has 88 valence electrons. The van der Waals surface area contributed by atoms with Crippen molar-refractivity contribution in [3.63, 3.8) is 0 Å². The van der Waals surface area contributed by atoms with Crippen molar-refractivity contribution in [3.05, 3.63) is 17.4 Å². The zero-order valence-corrected chi connectivity index (χ0v) is 9.86. The fourth-order valence-corrected chi connectivity index (χ4v) is 2.19. The van der Waals surface area contributed by atoms with Gasteiger partial charge in [-0.2, -0.15) is 0 Å². The molecular weight excluding hydrogens is 226 g/mol. The van der Waals surface area contributed by atoms with Gasteiger partial charge in [0.15, 0.2) is 0 Å². The molecule has 1 saturated carbocycles. The van der Waals surface area contributed by atoms with Crippen molar-refractivity contribution < 1.29 is 4.74 Å². The smallest absolute Gasteiger partial charge is 0.316 e. The number of ether oxygens (including phenoxy) is 1. The largest absolute Gasteiger partial charge is 0.460 e. The summed E-state index contributed by atoms with van der Waals surface area (Å²) in [4.78, 5) is 8.07. The molecule has 16 heavy (non-hydrogen) atoms. The van der Waals surface area contributed by atoms with Crippen molar-refractivity contribution in [2.75, 3.05) is 6.54 Å². The van der Waals surface area contributed by atoms with Crippen LogP contribution in [-0.4, -0.2) is 22.6 Å². The second-order valence-electron chi connectivity index (χ2n) is 4.12.